The van der Waals surface area contributed by atoms with Gasteiger partial charge in [0.25, 0.3) is 5.91 Å². The van der Waals surface area contributed by atoms with Crippen molar-refractivity contribution in [3.05, 3.63) is 29.3 Å². The molecule has 0 radical (unpaired) electrons. The van der Waals surface area contributed by atoms with Gasteiger partial charge in [-0.15, -0.1) is 0 Å². The predicted molar refractivity (Wildman–Crippen MR) is 103 cm³/mol. The van der Waals surface area contributed by atoms with Crippen LogP contribution in [0, 0.1) is 18.3 Å². The van der Waals surface area contributed by atoms with Crippen LogP contribution in [0.5, 0.6) is 0 Å². The molecule has 2 amide bonds. The van der Waals surface area contributed by atoms with Gasteiger partial charge >= 0.3 is 5.97 Å². The predicted octanol–water partition coefficient (Wildman–Crippen LogP) is 3.45. The molecular weight excluding hydrogens is 344 g/mol. The molecule has 1 heterocycles. The molecule has 2 N–H and O–H groups in total. The van der Waals surface area contributed by atoms with Crippen molar-refractivity contribution in [2.75, 3.05) is 18.4 Å². The van der Waals surface area contributed by atoms with Crippen LogP contribution in [0.15, 0.2) is 18.2 Å². The Hall–Kier alpha value is -2.37. The summed E-state index contributed by atoms with van der Waals surface area (Å²) in [5, 5.41) is 12.2. The molecule has 0 atom stereocenters. The number of rotatable bonds is 5. The second-order valence-corrected chi connectivity index (χ2v) is 8.17. The van der Waals surface area contributed by atoms with E-state index in [9.17, 15) is 19.5 Å². The van der Waals surface area contributed by atoms with Crippen LogP contribution < -0.4 is 5.32 Å². The fourth-order valence-electron chi connectivity index (χ4n) is 3.90. The van der Waals surface area contributed by atoms with Gasteiger partial charge in [0.05, 0.1) is 5.41 Å². The molecule has 0 unspecified atom stereocenters. The second kappa shape index (κ2) is 7.71. The molecule has 6 heteroatoms. The fourth-order valence-corrected chi connectivity index (χ4v) is 3.90. The van der Waals surface area contributed by atoms with E-state index in [0.29, 0.717) is 30.0 Å². The smallest absolute Gasteiger partial charge is 0.310 e. The Bertz CT molecular complexity index is 747. The maximum absolute atomic E-state index is 12.7. The number of carbonyl (C=O) groups excluding carboxylic acids is 2. The third kappa shape index (κ3) is 4.15. The lowest BCUT2D eigenvalue weighted by Crippen LogP contribution is -2.41. The second-order valence-electron chi connectivity index (χ2n) is 8.17. The molecule has 3 rings (SSSR count). The average molecular weight is 372 g/mol. The Morgan fingerprint density at radius 1 is 1.22 bits per heavy atom. The highest BCUT2D eigenvalue weighted by molar-refractivity contribution is 5.97. The van der Waals surface area contributed by atoms with Crippen molar-refractivity contribution >= 4 is 23.5 Å². The van der Waals surface area contributed by atoms with E-state index in [-0.39, 0.29) is 18.2 Å². The molecular formula is C21H28N2O4. The molecule has 1 aromatic rings. The van der Waals surface area contributed by atoms with Gasteiger partial charge in [-0.1, -0.05) is 13.3 Å². The van der Waals surface area contributed by atoms with Gasteiger partial charge in [-0.25, -0.2) is 0 Å². The number of nitrogens with zero attached hydrogens (tertiary/aromatic N) is 1. The molecule has 0 spiro atoms. The standard InChI is InChI=1S/C21H28N2O4/c1-14-6-10-23(11-7-14)19(25)16-4-5-17(15(2)12-16)22-18(24)13-21(20(26)27)8-3-9-21/h4-5,12,14H,3,6-11,13H2,1-2H3,(H,22,24)(H,26,27). The van der Waals surface area contributed by atoms with E-state index in [1.54, 1.807) is 18.2 Å². The molecule has 6 nitrogen and oxygen atoms in total. The summed E-state index contributed by atoms with van der Waals surface area (Å²) in [6, 6.07) is 5.27. The number of likely N-dealkylation sites (tertiary alicyclic amines) is 1. The van der Waals surface area contributed by atoms with Gasteiger partial charge < -0.3 is 15.3 Å². The Labute approximate surface area is 159 Å². The van der Waals surface area contributed by atoms with Crippen molar-refractivity contribution in [3.63, 3.8) is 0 Å². The molecule has 2 aliphatic rings. The first-order valence-corrected chi connectivity index (χ1v) is 9.74. The van der Waals surface area contributed by atoms with Crippen LogP contribution in [0.3, 0.4) is 0 Å². The largest absolute Gasteiger partial charge is 0.481 e. The van der Waals surface area contributed by atoms with Crippen LogP contribution in [0.2, 0.25) is 0 Å². The summed E-state index contributed by atoms with van der Waals surface area (Å²) in [5.41, 5.74) is 1.15. The van der Waals surface area contributed by atoms with Gasteiger partial charge in [0.2, 0.25) is 5.91 Å². The minimum atomic E-state index is -0.903. The molecule has 0 bridgehead atoms. The summed E-state index contributed by atoms with van der Waals surface area (Å²) in [4.78, 5) is 38.3. The fraction of sp³-hybridized carbons (Fsp3) is 0.571. The number of carbonyl (C=O) groups is 3. The molecule has 27 heavy (non-hydrogen) atoms. The van der Waals surface area contributed by atoms with E-state index in [2.05, 4.69) is 12.2 Å². The molecule has 0 aromatic heterocycles. The minimum Gasteiger partial charge on any atom is -0.481 e. The number of aryl methyl sites for hydroxylation is 1. The summed E-state index contributed by atoms with van der Waals surface area (Å²) in [6.07, 6.45) is 4.01. The van der Waals surface area contributed by atoms with Crippen molar-refractivity contribution in [2.24, 2.45) is 11.3 Å². The Morgan fingerprint density at radius 3 is 2.41 bits per heavy atom. The highest BCUT2D eigenvalue weighted by Gasteiger charge is 2.45. The van der Waals surface area contributed by atoms with Crippen LogP contribution in [0.25, 0.3) is 0 Å². The summed E-state index contributed by atoms with van der Waals surface area (Å²) < 4.78 is 0. The number of aliphatic carboxylic acids is 1. The van der Waals surface area contributed by atoms with Crippen molar-refractivity contribution in [1.82, 2.24) is 4.90 Å². The Morgan fingerprint density at radius 2 is 1.89 bits per heavy atom. The van der Waals surface area contributed by atoms with E-state index < -0.39 is 11.4 Å². The number of hydrogen-bond donors (Lipinski definition) is 2. The van der Waals surface area contributed by atoms with E-state index in [4.69, 9.17) is 0 Å². The van der Waals surface area contributed by atoms with Gasteiger partial charge in [0.1, 0.15) is 0 Å². The number of carboxylic acid groups (broad SMARTS) is 1. The summed E-state index contributed by atoms with van der Waals surface area (Å²) in [6.45, 7) is 5.63. The molecule has 1 aliphatic heterocycles. The normalized spacial score (nSPS) is 19.3. The molecule has 1 aliphatic carbocycles. The number of nitrogens with one attached hydrogen (secondary N) is 1. The van der Waals surface area contributed by atoms with Crippen LogP contribution in [0.4, 0.5) is 5.69 Å². The molecule has 1 saturated heterocycles. The Balaban J connectivity index is 1.63. The van der Waals surface area contributed by atoms with Crippen molar-refractivity contribution in [1.29, 1.82) is 0 Å². The van der Waals surface area contributed by atoms with Crippen molar-refractivity contribution < 1.29 is 19.5 Å². The number of amides is 2. The third-order valence-corrected chi connectivity index (χ3v) is 6.08. The first-order chi connectivity index (χ1) is 12.8. The molecule has 2 fully saturated rings. The number of piperidine rings is 1. The zero-order valence-corrected chi connectivity index (χ0v) is 16.1. The summed E-state index contributed by atoms with van der Waals surface area (Å²) >= 11 is 0. The van der Waals surface area contributed by atoms with E-state index in [0.717, 1.165) is 37.9 Å². The summed E-state index contributed by atoms with van der Waals surface area (Å²) in [5.74, 6) is -0.484. The van der Waals surface area contributed by atoms with Crippen LogP contribution in [0.1, 0.15) is 61.4 Å². The quantitative estimate of drug-likeness (QED) is 0.829. The average Bonchev–Trinajstić information content (AvgIpc) is 2.59. The maximum atomic E-state index is 12.7. The highest BCUT2D eigenvalue weighted by atomic mass is 16.4. The van der Waals surface area contributed by atoms with E-state index >= 15 is 0 Å². The van der Waals surface area contributed by atoms with Gasteiger partial charge in [-0.2, -0.15) is 0 Å². The van der Waals surface area contributed by atoms with Gasteiger partial charge in [0, 0.05) is 30.8 Å². The number of anilines is 1. The number of benzene rings is 1. The third-order valence-electron chi connectivity index (χ3n) is 6.08. The lowest BCUT2D eigenvalue weighted by Gasteiger charge is -2.36. The first kappa shape index (κ1) is 19.4. The molecule has 1 saturated carbocycles. The van der Waals surface area contributed by atoms with Crippen molar-refractivity contribution in [3.8, 4) is 0 Å². The van der Waals surface area contributed by atoms with E-state index in [1.165, 1.54) is 0 Å². The van der Waals surface area contributed by atoms with Crippen molar-refractivity contribution in [2.45, 2.75) is 52.4 Å². The van der Waals surface area contributed by atoms with Gasteiger partial charge in [-0.3, -0.25) is 14.4 Å². The lowest BCUT2D eigenvalue weighted by atomic mass is 9.66. The monoisotopic (exact) mass is 372 g/mol. The zero-order chi connectivity index (χ0) is 19.6. The van der Waals surface area contributed by atoms with Gasteiger partial charge in [0.15, 0.2) is 0 Å². The number of hydrogen-bond acceptors (Lipinski definition) is 3. The van der Waals surface area contributed by atoms with E-state index in [1.807, 2.05) is 11.8 Å². The Kier molecular flexibility index (Phi) is 5.53. The number of carboxylic acids is 1. The topological polar surface area (TPSA) is 86.7 Å². The minimum absolute atomic E-state index is 0.00554. The summed E-state index contributed by atoms with van der Waals surface area (Å²) in [7, 11) is 0. The maximum Gasteiger partial charge on any atom is 0.310 e. The van der Waals surface area contributed by atoms with Crippen LogP contribution in [-0.4, -0.2) is 40.9 Å². The SMILES string of the molecule is Cc1cc(C(=O)N2CCC(C)CC2)ccc1NC(=O)CC1(C(=O)O)CCC1. The highest BCUT2D eigenvalue weighted by Crippen LogP contribution is 2.44. The van der Waals surface area contributed by atoms with Gasteiger partial charge in [-0.05, 0) is 62.3 Å². The first-order valence-electron chi connectivity index (χ1n) is 9.74. The lowest BCUT2D eigenvalue weighted by molar-refractivity contribution is -0.157. The molecule has 146 valence electrons. The van der Waals surface area contributed by atoms with Crippen LogP contribution in [-0.2, 0) is 9.59 Å². The van der Waals surface area contributed by atoms with Crippen LogP contribution >= 0.6 is 0 Å². The zero-order valence-electron chi connectivity index (χ0n) is 16.1. The molecule has 1 aromatic carbocycles.